The number of carbonyl (C=O) groups excluding carboxylic acids is 1. The fraction of sp³-hybridized carbons (Fsp3) is 0.526. The fourth-order valence-corrected chi connectivity index (χ4v) is 3.86. The average Bonchev–Trinajstić information content (AvgIpc) is 3.29. The lowest BCUT2D eigenvalue weighted by molar-refractivity contribution is 0.0993. The molecule has 0 bridgehead atoms. The first-order valence-corrected chi connectivity index (χ1v) is 9.49. The normalized spacial score (nSPS) is 15.8. The number of aromatic nitrogens is 3. The smallest absolute Gasteiger partial charge is 0.192 e. The Morgan fingerprint density at radius 3 is 2.54 bits per heavy atom. The van der Waals surface area contributed by atoms with Crippen LogP contribution in [0, 0.1) is 13.8 Å². The summed E-state index contributed by atoms with van der Waals surface area (Å²) in [7, 11) is 0. The Labute approximate surface area is 148 Å². The summed E-state index contributed by atoms with van der Waals surface area (Å²) in [6, 6.07) is 6.56. The van der Waals surface area contributed by atoms with Gasteiger partial charge in [-0.3, -0.25) is 4.79 Å². The highest BCUT2D eigenvalue weighted by atomic mass is 32.2. The standard InChI is InChI=1S/C19H25N3OS/c1-11(2)18-20-21-19(22(18)15-8-9-15)24-14(5)17(23)16-10-12(3)6-7-13(16)4/h6-7,10-11,14-15H,8-9H2,1-5H3. The van der Waals surface area contributed by atoms with E-state index in [1.54, 1.807) is 0 Å². The minimum absolute atomic E-state index is 0.164. The van der Waals surface area contributed by atoms with Gasteiger partial charge in [0.25, 0.3) is 0 Å². The summed E-state index contributed by atoms with van der Waals surface area (Å²) in [5.74, 6) is 1.54. The van der Waals surface area contributed by atoms with Gasteiger partial charge < -0.3 is 4.57 Å². The summed E-state index contributed by atoms with van der Waals surface area (Å²) in [6.45, 7) is 10.3. The molecule has 1 saturated carbocycles. The first kappa shape index (κ1) is 17.2. The van der Waals surface area contributed by atoms with Crippen molar-refractivity contribution in [2.75, 3.05) is 0 Å². The molecule has 5 heteroatoms. The van der Waals surface area contributed by atoms with E-state index in [1.165, 1.54) is 24.6 Å². The van der Waals surface area contributed by atoms with Crippen molar-refractivity contribution in [2.24, 2.45) is 0 Å². The van der Waals surface area contributed by atoms with Gasteiger partial charge in [-0.05, 0) is 45.2 Å². The summed E-state index contributed by atoms with van der Waals surface area (Å²) in [5.41, 5.74) is 2.96. The van der Waals surface area contributed by atoms with Gasteiger partial charge in [-0.25, -0.2) is 0 Å². The molecule has 128 valence electrons. The van der Waals surface area contributed by atoms with Crippen molar-refractivity contribution >= 4 is 17.5 Å². The van der Waals surface area contributed by atoms with Crippen LogP contribution >= 0.6 is 11.8 Å². The molecule has 0 N–H and O–H groups in total. The van der Waals surface area contributed by atoms with E-state index in [4.69, 9.17) is 0 Å². The molecule has 1 aliphatic carbocycles. The Kier molecular flexibility index (Phi) is 4.81. The van der Waals surface area contributed by atoms with E-state index >= 15 is 0 Å². The monoisotopic (exact) mass is 343 g/mol. The number of Topliss-reactive ketones (excluding diaryl/α,β-unsaturated/α-hetero) is 1. The van der Waals surface area contributed by atoms with Crippen LogP contribution in [0.4, 0.5) is 0 Å². The number of hydrogen-bond acceptors (Lipinski definition) is 4. The molecule has 1 fully saturated rings. The van der Waals surface area contributed by atoms with Crippen molar-refractivity contribution in [3.05, 3.63) is 40.7 Å². The van der Waals surface area contributed by atoms with Crippen molar-refractivity contribution in [3.8, 4) is 0 Å². The second kappa shape index (κ2) is 6.71. The third kappa shape index (κ3) is 3.41. The van der Waals surface area contributed by atoms with Gasteiger partial charge in [-0.1, -0.05) is 43.3 Å². The van der Waals surface area contributed by atoms with Crippen LogP contribution in [0.3, 0.4) is 0 Å². The lowest BCUT2D eigenvalue weighted by Crippen LogP contribution is -2.16. The third-order valence-corrected chi connectivity index (χ3v) is 5.49. The number of rotatable bonds is 6. The van der Waals surface area contributed by atoms with Gasteiger partial charge in [-0.15, -0.1) is 10.2 Å². The maximum Gasteiger partial charge on any atom is 0.192 e. The van der Waals surface area contributed by atoms with Crippen LogP contribution in [0.25, 0.3) is 0 Å². The summed E-state index contributed by atoms with van der Waals surface area (Å²) >= 11 is 1.53. The number of aryl methyl sites for hydroxylation is 2. The zero-order valence-corrected chi connectivity index (χ0v) is 15.9. The quantitative estimate of drug-likeness (QED) is 0.562. The first-order chi connectivity index (χ1) is 11.4. The van der Waals surface area contributed by atoms with E-state index in [9.17, 15) is 4.79 Å². The number of carbonyl (C=O) groups is 1. The molecular formula is C19H25N3OS. The Morgan fingerprint density at radius 2 is 1.92 bits per heavy atom. The Hall–Kier alpha value is -1.62. The van der Waals surface area contributed by atoms with Gasteiger partial charge in [0.1, 0.15) is 5.82 Å². The van der Waals surface area contributed by atoms with Crippen molar-refractivity contribution < 1.29 is 4.79 Å². The van der Waals surface area contributed by atoms with E-state index in [0.717, 1.165) is 27.7 Å². The predicted molar refractivity (Wildman–Crippen MR) is 97.9 cm³/mol. The molecule has 1 heterocycles. The summed E-state index contributed by atoms with van der Waals surface area (Å²) in [5, 5.41) is 9.46. The molecule has 2 aromatic rings. The summed E-state index contributed by atoms with van der Waals surface area (Å²) < 4.78 is 2.25. The number of nitrogens with zero attached hydrogens (tertiary/aromatic N) is 3. The molecule has 0 spiro atoms. The SMILES string of the molecule is Cc1ccc(C)c(C(=O)C(C)Sc2nnc(C(C)C)n2C2CC2)c1. The topological polar surface area (TPSA) is 47.8 Å². The Balaban J connectivity index is 1.83. The van der Waals surface area contributed by atoms with Gasteiger partial charge in [-0.2, -0.15) is 0 Å². The highest BCUT2D eigenvalue weighted by Gasteiger charge is 2.32. The number of ketones is 1. The first-order valence-electron chi connectivity index (χ1n) is 8.61. The molecule has 1 atom stereocenters. The third-order valence-electron chi connectivity index (χ3n) is 4.43. The lowest BCUT2D eigenvalue weighted by Gasteiger charge is -2.14. The van der Waals surface area contributed by atoms with E-state index in [0.29, 0.717) is 12.0 Å². The van der Waals surface area contributed by atoms with Gasteiger partial charge in [0.05, 0.1) is 5.25 Å². The molecule has 1 unspecified atom stereocenters. The van der Waals surface area contributed by atoms with Crippen molar-refractivity contribution in [1.29, 1.82) is 0 Å². The zero-order valence-electron chi connectivity index (χ0n) is 15.0. The van der Waals surface area contributed by atoms with Gasteiger partial charge >= 0.3 is 0 Å². The van der Waals surface area contributed by atoms with Crippen molar-refractivity contribution in [2.45, 2.75) is 69.8 Å². The molecule has 1 aromatic heterocycles. The van der Waals surface area contributed by atoms with Crippen LogP contribution in [-0.4, -0.2) is 25.8 Å². The number of thioether (sulfide) groups is 1. The molecule has 4 nitrogen and oxygen atoms in total. The van der Waals surface area contributed by atoms with Gasteiger partial charge in [0, 0.05) is 17.5 Å². The maximum atomic E-state index is 12.9. The van der Waals surface area contributed by atoms with Crippen LogP contribution < -0.4 is 0 Å². The largest absolute Gasteiger partial charge is 0.303 e. The van der Waals surface area contributed by atoms with Crippen LogP contribution in [-0.2, 0) is 0 Å². The maximum absolute atomic E-state index is 12.9. The van der Waals surface area contributed by atoms with Gasteiger partial charge in [0.2, 0.25) is 0 Å². The average molecular weight is 343 g/mol. The molecule has 3 rings (SSSR count). The van der Waals surface area contributed by atoms with Crippen LogP contribution in [0.2, 0.25) is 0 Å². The van der Waals surface area contributed by atoms with E-state index in [1.807, 2.05) is 39.0 Å². The minimum atomic E-state index is -0.174. The Bertz CT molecular complexity index is 762. The molecule has 0 saturated heterocycles. The predicted octanol–water partition coefficient (Wildman–Crippen LogP) is 4.72. The fourth-order valence-electron chi connectivity index (χ4n) is 2.87. The minimum Gasteiger partial charge on any atom is -0.303 e. The molecule has 0 aliphatic heterocycles. The van der Waals surface area contributed by atoms with E-state index < -0.39 is 0 Å². The van der Waals surface area contributed by atoms with Crippen LogP contribution in [0.15, 0.2) is 23.4 Å². The molecule has 0 radical (unpaired) electrons. The molecular weight excluding hydrogens is 318 g/mol. The van der Waals surface area contributed by atoms with E-state index in [2.05, 4.69) is 28.6 Å². The van der Waals surface area contributed by atoms with Crippen LogP contribution in [0.1, 0.15) is 72.9 Å². The van der Waals surface area contributed by atoms with Gasteiger partial charge in [0.15, 0.2) is 10.9 Å². The Morgan fingerprint density at radius 1 is 1.21 bits per heavy atom. The van der Waals surface area contributed by atoms with Crippen LogP contribution in [0.5, 0.6) is 0 Å². The lowest BCUT2D eigenvalue weighted by atomic mass is 10.0. The number of benzene rings is 1. The molecule has 1 aliphatic rings. The highest BCUT2D eigenvalue weighted by molar-refractivity contribution is 8.00. The zero-order chi connectivity index (χ0) is 17.4. The second-order valence-corrected chi connectivity index (χ2v) is 8.35. The van der Waals surface area contributed by atoms with E-state index in [-0.39, 0.29) is 11.0 Å². The molecule has 1 aromatic carbocycles. The molecule has 24 heavy (non-hydrogen) atoms. The van der Waals surface area contributed by atoms with Crippen molar-refractivity contribution in [3.63, 3.8) is 0 Å². The van der Waals surface area contributed by atoms with Crippen molar-refractivity contribution in [1.82, 2.24) is 14.8 Å². The molecule has 0 amide bonds. The number of hydrogen-bond donors (Lipinski definition) is 0. The summed E-state index contributed by atoms with van der Waals surface area (Å²) in [4.78, 5) is 12.9. The summed E-state index contributed by atoms with van der Waals surface area (Å²) in [6.07, 6.45) is 2.37. The second-order valence-electron chi connectivity index (χ2n) is 7.04. The highest BCUT2D eigenvalue weighted by Crippen LogP contribution is 2.41.